The van der Waals surface area contributed by atoms with Gasteiger partial charge in [-0.05, 0) is 25.0 Å². The summed E-state index contributed by atoms with van der Waals surface area (Å²) in [5.41, 5.74) is 0.732. The minimum absolute atomic E-state index is 0.164. The molecule has 5 nitrogen and oxygen atoms in total. The fraction of sp³-hybridized carbons (Fsp3) is 0.529. The predicted octanol–water partition coefficient (Wildman–Crippen LogP) is 1.56. The second kappa shape index (κ2) is 6.17. The van der Waals surface area contributed by atoms with E-state index < -0.39 is 0 Å². The van der Waals surface area contributed by atoms with Crippen LogP contribution in [0, 0.1) is 0 Å². The first kappa shape index (κ1) is 15.0. The van der Waals surface area contributed by atoms with Gasteiger partial charge >= 0.3 is 0 Å². The molecule has 4 aliphatic heterocycles. The molecule has 2 bridgehead atoms. The van der Waals surface area contributed by atoms with Gasteiger partial charge in [-0.15, -0.1) is 11.8 Å². The van der Waals surface area contributed by atoms with E-state index in [1.807, 2.05) is 12.1 Å². The summed E-state index contributed by atoms with van der Waals surface area (Å²) in [4.78, 5) is 22.1. The van der Waals surface area contributed by atoms with E-state index in [9.17, 15) is 9.90 Å². The van der Waals surface area contributed by atoms with Crippen molar-refractivity contribution < 1.29 is 9.90 Å². The smallest absolute Gasteiger partial charge is 0.248 e. The number of benzene rings is 1. The third-order valence-corrected chi connectivity index (χ3v) is 6.09. The normalized spacial score (nSPS) is 30.2. The first-order valence-corrected chi connectivity index (χ1v) is 9.23. The molecule has 1 unspecified atom stereocenters. The molecule has 3 saturated heterocycles. The maximum atomic E-state index is 12.9. The Labute approximate surface area is 140 Å². The highest BCUT2D eigenvalue weighted by Crippen LogP contribution is 2.30. The minimum Gasteiger partial charge on any atom is -0.507 e. The summed E-state index contributed by atoms with van der Waals surface area (Å²) in [6.45, 7) is 4.03. The lowest BCUT2D eigenvalue weighted by Crippen LogP contribution is -2.46. The number of amides is 1. The zero-order valence-electron chi connectivity index (χ0n) is 13.0. The van der Waals surface area contributed by atoms with Gasteiger partial charge in [0.1, 0.15) is 16.8 Å². The Hall–Kier alpha value is -1.53. The molecule has 1 N–H and O–H groups in total. The molecule has 0 spiro atoms. The van der Waals surface area contributed by atoms with Crippen LogP contribution in [-0.4, -0.2) is 69.9 Å². The fourth-order valence-electron chi connectivity index (χ4n) is 3.67. The highest BCUT2D eigenvalue weighted by Gasteiger charge is 2.36. The summed E-state index contributed by atoms with van der Waals surface area (Å²) >= 11 is 1.57. The lowest BCUT2D eigenvalue weighted by atomic mass is 10.0. The molecule has 4 aliphatic rings. The number of fused-ring (bicyclic) bond motifs is 4. The number of piperidine rings is 1. The van der Waals surface area contributed by atoms with Gasteiger partial charge in [0, 0.05) is 43.5 Å². The number of hydrogen-bond donors (Lipinski definition) is 1. The Morgan fingerprint density at radius 2 is 1.96 bits per heavy atom. The van der Waals surface area contributed by atoms with Gasteiger partial charge < -0.3 is 14.9 Å². The monoisotopic (exact) mass is 331 g/mol. The van der Waals surface area contributed by atoms with Gasteiger partial charge in [0.25, 0.3) is 0 Å². The van der Waals surface area contributed by atoms with Crippen molar-refractivity contribution in [1.82, 2.24) is 9.80 Å². The quantitative estimate of drug-likeness (QED) is 0.894. The molecule has 1 amide bonds. The average Bonchev–Trinajstić information content (AvgIpc) is 2.87. The maximum Gasteiger partial charge on any atom is 0.248 e. The lowest BCUT2D eigenvalue weighted by Gasteiger charge is -2.32. The molecular weight excluding hydrogens is 310 g/mol. The summed E-state index contributed by atoms with van der Waals surface area (Å²) in [6, 6.07) is 7.28. The Morgan fingerprint density at radius 1 is 1.17 bits per heavy atom. The Morgan fingerprint density at radius 3 is 2.74 bits per heavy atom. The third-order valence-electron chi connectivity index (χ3n) is 5.01. The molecule has 0 aliphatic carbocycles. The van der Waals surface area contributed by atoms with Crippen LogP contribution in [0.3, 0.4) is 0 Å². The van der Waals surface area contributed by atoms with E-state index in [2.05, 4.69) is 14.8 Å². The molecule has 5 rings (SSSR count). The van der Waals surface area contributed by atoms with Crippen LogP contribution in [0.2, 0.25) is 0 Å². The second-order valence-corrected chi connectivity index (χ2v) is 7.39. The number of thioether (sulfide) groups is 1. The first-order chi connectivity index (χ1) is 11.2. The topological polar surface area (TPSA) is 56.1 Å². The molecular formula is C17H21N3O2S. The highest BCUT2D eigenvalue weighted by atomic mass is 32.2. The first-order valence-electron chi connectivity index (χ1n) is 8.24. The van der Waals surface area contributed by atoms with Crippen molar-refractivity contribution in [3.8, 4) is 5.75 Å². The molecule has 23 heavy (non-hydrogen) atoms. The van der Waals surface area contributed by atoms with E-state index in [0.29, 0.717) is 11.8 Å². The number of carbonyl (C=O) groups is 1. The summed E-state index contributed by atoms with van der Waals surface area (Å²) in [5, 5.41) is 10.8. The van der Waals surface area contributed by atoms with Gasteiger partial charge in [-0.3, -0.25) is 9.79 Å². The Kier molecular flexibility index (Phi) is 4.03. The van der Waals surface area contributed by atoms with Crippen molar-refractivity contribution >= 4 is 22.7 Å². The van der Waals surface area contributed by atoms with E-state index >= 15 is 0 Å². The summed E-state index contributed by atoms with van der Waals surface area (Å²) in [7, 11) is 0. The van der Waals surface area contributed by atoms with E-state index in [-0.39, 0.29) is 17.7 Å². The Bertz CT molecular complexity index is 640. The van der Waals surface area contributed by atoms with Crippen molar-refractivity contribution in [3.05, 3.63) is 29.8 Å². The van der Waals surface area contributed by atoms with Crippen molar-refractivity contribution in [2.24, 2.45) is 4.99 Å². The molecule has 4 heterocycles. The van der Waals surface area contributed by atoms with Crippen molar-refractivity contribution in [1.29, 1.82) is 0 Å². The fourth-order valence-corrected chi connectivity index (χ4v) is 4.73. The molecule has 1 atom stereocenters. The highest BCUT2D eigenvalue weighted by molar-refractivity contribution is 8.14. The number of carbonyl (C=O) groups excluding carboxylic acids is 1. The van der Waals surface area contributed by atoms with Crippen LogP contribution in [0.1, 0.15) is 18.4 Å². The predicted molar refractivity (Wildman–Crippen MR) is 92.1 cm³/mol. The van der Waals surface area contributed by atoms with Crippen LogP contribution >= 0.6 is 11.8 Å². The minimum atomic E-state index is -0.304. The molecule has 0 radical (unpaired) electrons. The lowest BCUT2D eigenvalue weighted by molar-refractivity contribution is -0.134. The van der Waals surface area contributed by atoms with E-state index in [0.717, 1.165) is 49.6 Å². The van der Waals surface area contributed by atoms with Crippen molar-refractivity contribution in [2.75, 3.05) is 31.9 Å². The van der Waals surface area contributed by atoms with E-state index in [1.54, 1.807) is 23.9 Å². The van der Waals surface area contributed by atoms with Gasteiger partial charge in [0.05, 0.1) is 0 Å². The zero-order chi connectivity index (χ0) is 15.8. The average molecular weight is 331 g/mol. The van der Waals surface area contributed by atoms with Gasteiger partial charge in [-0.25, -0.2) is 0 Å². The molecule has 122 valence electrons. The van der Waals surface area contributed by atoms with Gasteiger partial charge in [-0.2, -0.15) is 0 Å². The van der Waals surface area contributed by atoms with Crippen LogP contribution < -0.4 is 0 Å². The number of para-hydroxylation sites is 1. The molecule has 0 saturated carbocycles. The Balaban J connectivity index is 1.52. The number of rotatable bonds is 2. The van der Waals surface area contributed by atoms with Gasteiger partial charge in [-0.1, -0.05) is 12.1 Å². The van der Waals surface area contributed by atoms with Crippen LogP contribution in [0.4, 0.5) is 0 Å². The maximum absolute atomic E-state index is 12.9. The number of phenolic OH excluding ortho intramolecular Hbond substituents is 1. The number of aliphatic imine (C=N–C) groups is 1. The van der Waals surface area contributed by atoms with Crippen LogP contribution in [0.5, 0.6) is 5.75 Å². The SMILES string of the molecule is O=C(C1CSC(c2ccccc2O)=N1)N1CCN2CCC1CC2. The summed E-state index contributed by atoms with van der Waals surface area (Å²) in [6.07, 6.45) is 2.17. The van der Waals surface area contributed by atoms with Gasteiger partial charge in [0.15, 0.2) is 0 Å². The number of hydrogen-bond acceptors (Lipinski definition) is 5. The number of aromatic hydroxyl groups is 1. The number of phenols is 1. The second-order valence-electron chi connectivity index (χ2n) is 6.38. The molecule has 1 aromatic carbocycles. The van der Waals surface area contributed by atoms with Crippen LogP contribution in [0.25, 0.3) is 0 Å². The number of nitrogens with zero attached hydrogens (tertiary/aromatic N) is 3. The van der Waals surface area contributed by atoms with Crippen molar-refractivity contribution in [3.63, 3.8) is 0 Å². The van der Waals surface area contributed by atoms with E-state index in [1.165, 1.54) is 0 Å². The summed E-state index contributed by atoms with van der Waals surface area (Å²) < 4.78 is 0. The third kappa shape index (κ3) is 2.85. The summed E-state index contributed by atoms with van der Waals surface area (Å²) in [5.74, 6) is 1.07. The van der Waals surface area contributed by atoms with Gasteiger partial charge in [0.2, 0.25) is 5.91 Å². The zero-order valence-corrected chi connectivity index (χ0v) is 13.8. The molecule has 0 aromatic heterocycles. The van der Waals surface area contributed by atoms with Crippen LogP contribution in [-0.2, 0) is 4.79 Å². The largest absolute Gasteiger partial charge is 0.507 e. The molecule has 3 fully saturated rings. The standard InChI is InChI=1S/C17H21N3O2S/c21-15-4-2-1-3-13(15)16-18-14(11-23-16)17(22)20-10-9-19-7-5-12(20)6-8-19/h1-4,12,14,21H,5-11H2. The van der Waals surface area contributed by atoms with Crippen molar-refractivity contribution in [2.45, 2.75) is 24.9 Å². The van der Waals surface area contributed by atoms with E-state index in [4.69, 9.17) is 0 Å². The molecule has 6 heteroatoms. The molecule has 1 aromatic rings. The van der Waals surface area contributed by atoms with Crippen LogP contribution in [0.15, 0.2) is 29.3 Å².